The van der Waals surface area contributed by atoms with Gasteiger partial charge in [-0.25, -0.2) is 4.68 Å². The number of alkyl halides is 3. The van der Waals surface area contributed by atoms with Crippen molar-refractivity contribution in [2.24, 2.45) is 0 Å². The van der Waals surface area contributed by atoms with E-state index in [1.54, 1.807) is 17.0 Å². The number of nitrogens with one attached hydrogen (secondary N) is 1. The monoisotopic (exact) mass is 425 g/mol. The summed E-state index contributed by atoms with van der Waals surface area (Å²) in [6.07, 6.45) is -3.14. The fraction of sp³-hybridized carbons (Fsp3) is 0.650. The molecular weight excluding hydrogens is 399 g/mol. The Morgan fingerprint density at radius 2 is 2.13 bits per heavy atom. The van der Waals surface area contributed by atoms with E-state index >= 15 is 0 Å². The zero-order valence-electron chi connectivity index (χ0n) is 17.2. The maximum Gasteiger partial charge on any atom is 0.410 e. The molecule has 2 aliphatic heterocycles. The van der Waals surface area contributed by atoms with Crippen LogP contribution in [0.2, 0.25) is 0 Å². The zero-order valence-corrected chi connectivity index (χ0v) is 17.2. The van der Waals surface area contributed by atoms with Crippen LogP contribution in [0.5, 0.6) is 0 Å². The van der Waals surface area contributed by atoms with Crippen LogP contribution in [0.25, 0.3) is 0 Å². The standard InChI is InChI=1S/C20H26F3N5O2/c1-4-13-7-17(20(21,22)23)28-18(24-13)9-15(25-28)12-5-6-27(10-12)19(29)16-8-14(11(2)3)26-30-16/h8-9,11-13,17,24H,4-7,10H2,1-3H3/t12-,13-,17-/m1/s1. The van der Waals surface area contributed by atoms with Crippen molar-refractivity contribution in [2.75, 3.05) is 18.4 Å². The van der Waals surface area contributed by atoms with E-state index in [9.17, 15) is 18.0 Å². The van der Waals surface area contributed by atoms with Crippen molar-refractivity contribution in [2.45, 2.75) is 70.1 Å². The summed E-state index contributed by atoms with van der Waals surface area (Å²) >= 11 is 0. The fourth-order valence-corrected chi connectivity index (χ4v) is 4.14. The molecule has 164 valence electrons. The van der Waals surface area contributed by atoms with E-state index < -0.39 is 12.2 Å². The van der Waals surface area contributed by atoms with Gasteiger partial charge in [-0.3, -0.25) is 4.79 Å². The highest BCUT2D eigenvalue weighted by molar-refractivity contribution is 5.91. The lowest BCUT2D eigenvalue weighted by Crippen LogP contribution is -2.38. The number of nitrogens with zero attached hydrogens (tertiary/aromatic N) is 4. The maximum absolute atomic E-state index is 13.6. The molecule has 0 aromatic carbocycles. The summed E-state index contributed by atoms with van der Waals surface area (Å²) in [5.41, 5.74) is 1.30. The second kappa shape index (κ2) is 7.63. The van der Waals surface area contributed by atoms with Crippen LogP contribution in [0.3, 0.4) is 0 Å². The number of fused-ring (bicyclic) bond motifs is 1. The lowest BCUT2D eigenvalue weighted by atomic mass is 10.0. The lowest BCUT2D eigenvalue weighted by molar-refractivity contribution is -0.173. The van der Waals surface area contributed by atoms with E-state index in [-0.39, 0.29) is 36.0 Å². The van der Waals surface area contributed by atoms with E-state index in [0.29, 0.717) is 43.1 Å². The van der Waals surface area contributed by atoms with E-state index in [2.05, 4.69) is 15.6 Å². The van der Waals surface area contributed by atoms with E-state index in [1.807, 2.05) is 20.8 Å². The Labute approximate surface area is 172 Å². The van der Waals surface area contributed by atoms with Crippen molar-refractivity contribution >= 4 is 11.7 Å². The quantitative estimate of drug-likeness (QED) is 0.790. The number of anilines is 1. The maximum atomic E-state index is 13.6. The number of carbonyl (C=O) groups is 1. The third-order valence-electron chi connectivity index (χ3n) is 6.00. The number of hydrogen-bond donors (Lipinski definition) is 1. The first-order valence-corrected chi connectivity index (χ1v) is 10.4. The zero-order chi connectivity index (χ0) is 21.6. The minimum Gasteiger partial charge on any atom is -0.367 e. The first-order chi connectivity index (χ1) is 14.2. The van der Waals surface area contributed by atoms with Crippen LogP contribution in [0.1, 0.15) is 79.9 Å². The smallest absolute Gasteiger partial charge is 0.367 e. The van der Waals surface area contributed by atoms with Gasteiger partial charge in [0.25, 0.3) is 5.91 Å². The highest BCUT2D eigenvalue weighted by Crippen LogP contribution is 2.41. The van der Waals surface area contributed by atoms with Gasteiger partial charge in [0, 0.05) is 37.2 Å². The molecule has 3 atom stereocenters. The van der Waals surface area contributed by atoms with E-state index in [4.69, 9.17) is 4.52 Å². The summed E-state index contributed by atoms with van der Waals surface area (Å²) in [6, 6.07) is 1.48. The number of amides is 1. The van der Waals surface area contributed by atoms with Crippen molar-refractivity contribution in [3.8, 4) is 0 Å². The van der Waals surface area contributed by atoms with Gasteiger partial charge in [0.1, 0.15) is 5.82 Å². The van der Waals surface area contributed by atoms with E-state index in [1.165, 1.54) is 0 Å². The first-order valence-electron chi connectivity index (χ1n) is 10.4. The Bertz CT molecular complexity index is 920. The SMILES string of the molecule is CC[C@@H]1C[C@H](C(F)(F)F)n2nc([C@@H]3CCN(C(=O)c4cc(C(C)C)no4)C3)cc2N1. The van der Waals surface area contributed by atoms with Crippen LogP contribution in [-0.4, -0.2) is 51.1 Å². The van der Waals surface area contributed by atoms with Crippen molar-refractivity contribution in [3.63, 3.8) is 0 Å². The van der Waals surface area contributed by atoms with Crippen molar-refractivity contribution in [1.82, 2.24) is 19.8 Å². The van der Waals surface area contributed by atoms with Gasteiger partial charge in [-0.1, -0.05) is 25.9 Å². The molecule has 2 aromatic heterocycles. The number of halogens is 3. The molecule has 1 fully saturated rings. The number of carbonyl (C=O) groups excluding carboxylic acids is 1. The van der Waals surface area contributed by atoms with Crippen LogP contribution in [-0.2, 0) is 0 Å². The van der Waals surface area contributed by atoms with Crippen LogP contribution in [0, 0.1) is 0 Å². The summed E-state index contributed by atoms with van der Waals surface area (Å²) < 4.78 is 47.0. The summed E-state index contributed by atoms with van der Waals surface area (Å²) in [7, 11) is 0. The van der Waals surface area contributed by atoms with Crippen molar-refractivity contribution in [3.05, 3.63) is 29.3 Å². The fourth-order valence-electron chi connectivity index (χ4n) is 4.14. The van der Waals surface area contributed by atoms with Gasteiger partial charge in [-0.15, -0.1) is 0 Å². The van der Waals surface area contributed by atoms with Gasteiger partial charge in [0.15, 0.2) is 6.04 Å². The van der Waals surface area contributed by atoms with Crippen molar-refractivity contribution < 1.29 is 22.5 Å². The minimum atomic E-state index is -4.36. The summed E-state index contributed by atoms with van der Waals surface area (Å²) in [6.45, 7) is 6.68. The Morgan fingerprint density at radius 3 is 2.77 bits per heavy atom. The van der Waals surface area contributed by atoms with Crippen LogP contribution in [0.4, 0.5) is 19.0 Å². The number of hydrogen-bond acceptors (Lipinski definition) is 5. The molecule has 4 rings (SSSR count). The van der Waals surface area contributed by atoms with Crippen molar-refractivity contribution in [1.29, 1.82) is 0 Å². The Morgan fingerprint density at radius 1 is 1.37 bits per heavy atom. The van der Waals surface area contributed by atoms with Crippen LogP contribution < -0.4 is 5.32 Å². The summed E-state index contributed by atoms with van der Waals surface area (Å²) in [5.74, 6) is 0.369. The molecule has 0 saturated carbocycles. The highest BCUT2D eigenvalue weighted by Gasteiger charge is 2.46. The molecule has 7 nitrogen and oxygen atoms in total. The van der Waals surface area contributed by atoms with Gasteiger partial charge < -0.3 is 14.7 Å². The predicted octanol–water partition coefficient (Wildman–Crippen LogP) is 4.32. The average Bonchev–Trinajstić information content (AvgIpc) is 3.44. The number of likely N-dealkylation sites (tertiary alicyclic amines) is 1. The van der Waals surface area contributed by atoms with Gasteiger partial charge in [-0.2, -0.15) is 18.3 Å². The molecule has 2 aliphatic rings. The molecular formula is C20H26F3N5O2. The minimum absolute atomic E-state index is 0.0346. The number of rotatable bonds is 4. The van der Waals surface area contributed by atoms with E-state index in [0.717, 1.165) is 4.68 Å². The summed E-state index contributed by atoms with van der Waals surface area (Å²) in [5, 5.41) is 11.4. The molecule has 1 N–H and O–H groups in total. The Hall–Kier alpha value is -2.52. The second-order valence-corrected chi connectivity index (χ2v) is 8.45. The third kappa shape index (κ3) is 3.79. The lowest BCUT2D eigenvalue weighted by Gasteiger charge is -2.32. The third-order valence-corrected chi connectivity index (χ3v) is 6.00. The molecule has 4 heterocycles. The molecule has 0 bridgehead atoms. The first kappa shape index (κ1) is 20.7. The van der Waals surface area contributed by atoms with Crippen LogP contribution >= 0.6 is 0 Å². The normalized spacial score (nSPS) is 24.2. The molecule has 0 radical (unpaired) electrons. The molecule has 1 saturated heterocycles. The Kier molecular flexibility index (Phi) is 5.27. The summed E-state index contributed by atoms with van der Waals surface area (Å²) in [4.78, 5) is 14.4. The topological polar surface area (TPSA) is 76.2 Å². The van der Waals surface area contributed by atoms with Crippen LogP contribution in [0.15, 0.2) is 16.7 Å². The predicted molar refractivity (Wildman–Crippen MR) is 103 cm³/mol. The highest BCUT2D eigenvalue weighted by atomic mass is 19.4. The molecule has 30 heavy (non-hydrogen) atoms. The molecule has 0 unspecified atom stereocenters. The molecule has 1 amide bonds. The molecule has 10 heteroatoms. The van der Waals surface area contributed by atoms with Gasteiger partial charge >= 0.3 is 6.18 Å². The van der Waals surface area contributed by atoms with Gasteiger partial charge in [0.05, 0.1) is 11.4 Å². The second-order valence-electron chi connectivity index (χ2n) is 8.45. The average molecular weight is 425 g/mol. The largest absolute Gasteiger partial charge is 0.410 e. The molecule has 0 aliphatic carbocycles. The van der Waals surface area contributed by atoms with Gasteiger partial charge in [0.2, 0.25) is 5.76 Å². The molecule has 2 aromatic rings. The van der Waals surface area contributed by atoms with Gasteiger partial charge in [-0.05, 0) is 25.2 Å². The molecule has 0 spiro atoms. The Balaban J connectivity index is 1.51. The number of aromatic nitrogens is 3.